The second-order valence-electron chi connectivity index (χ2n) is 6.64. The topological polar surface area (TPSA) is 95.8 Å². The second-order valence-corrected chi connectivity index (χ2v) is 8.29. The van der Waals surface area contributed by atoms with E-state index in [2.05, 4.69) is 14.8 Å². The van der Waals surface area contributed by atoms with E-state index in [4.69, 9.17) is 4.52 Å². The van der Waals surface area contributed by atoms with Gasteiger partial charge in [0.05, 0.1) is 6.04 Å². The Balaban J connectivity index is 1.61. The average molecular weight is 392 g/mol. The Kier molecular flexibility index (Phi) is 5.52. The van der Waals surface area contributed by atoms with Crippen molar-refractivity contribution < 1.29 is 17.7 Å². The van der Waals surface area contributed by atoms with Gasteiger partial charge in [-0.05, 0) is 32.9 Å². The Bertz CT molecular complexity index is 883. The number of nitrogens with zero attached hydrogens (tertiary/aromatic N) is 3. The Labute approximate surface area is 159 Å². The molecule has 1 aromatic carbocycles. The molecule has 0 aliphatic carbocycles. The van der Waals surface area contributed by atoms with Crippen LogP contribution in [0.4, 0.5) is 5.69 Å². The largest absolute Gasteiger partial charge is 0.368 e. The zero-order chi connectivity index (χ0) is 19.6. The Morgan fingerprint density at radius 1 is 1.15 bits per heavy atom. The van der Waals surface area contributed by atoms with Gasteiger partial charge in [-0.1, -0.05) is 23.4 Å². The normalized spacial score (nSPS) is 16.4. The Morgan fingerprint density at radius 2 is 1.78 bits per heavy atom. The quantitative estimate of drug-likeness (QED) is 0.824. The van der Waals surface area contributed by atoms with E-state index in [9.17, 15) is 13.2 Å². The molecule has 0 spiro atoms. The maximum absolute atomic E-state index is 12.7. The van der Waals surface area contributed by atoms with Gasteiger partial charge in [0, 0.05) is 31.9 Å². The van der Waals surface area contributed by atoms with Crippen LogP contribution in [0.25, 0.3) is 0 Å². The van der Waals surface area contributed by atoms with Crippen LogP contribution in [-0.2, 0) is 14.8 Å². The van der Waals surface area contributed by atoms with Gasteiger partial charge in [-0.3, -0.25) is 4.79 Å². The molecule has 1 atom stereocenters. The van der Waals surface area contributed by atoms with Crippen LogP contribution in [0.2, 0.25) is 0 Å². The zero-order valence-electron chi connectivity index (χ0n) is 15.7. The minimum absolute atomic E-state index is 0.00366. The van der Waals surface area contributed by atoms with Gasteiger partial charge >= 0.3 is 0 Å². The van der Waals surface area contributed by atoms with E-state index in [0.29, 0.717) is 26.2 Å². The third-order valence-corrected chi connectivity index (χ3v) is 6.44. The Morgan fingerprint density at radius 3 is 2.33 bits per heavy atom. The summed E-state index contributed by atoms with van der Waals surface area (Å²) >= 11 is 0. The first kappa shape index (κ1) is 19.4. The molecule has 1 saturated heterocycles. The summed E-state index contributed by atoms with van der Waals surface area (Å²) in [7, 11) is -3.88. The third-order valence-electron chi connectivity index (χ3n) is 4.65. The van der Waals surface area contributed by atoms with E-state index in [-0.39, 0.29) is 22.3 Å². The van der Waals surface area contributed by atoms with Gasteiger partial charge in [0.1, 0.15) is 10.6 Å². The molecule has 0 saturated carbocycles. The van der Waals surface area contributed by atoms with Gasteiger partial charge in [0.2, 0.25) is 15.9 Å². The molecule has 1 aliphatic rings. The lowest BCUT2D eigenvalue weighted by atomic mass is 10.2. The van der Waals surface area contributed by atoms with Gasteiger partial charge < -0.3 is 14.3 Å². The molecule has 1 amide bonds. The van der Waals surface area contributed by atoms with Crippen molar-refractivity contribution in [3.05, 3.63) is 41.8 Å². The maximum Gasteiger partial charge on any atom is 0.246 e. The van der Waals surface area contributed by atoms with Crippen molar-refractivity contribution >= 4 is 21.6 Å². The highest BCUT2D eigenvalue weighted by molar-refractivity contribution is 7.89. The van der Waals surface area contributed by atoms with Crippen LogP contribution in [0.5, 0.6) is 0 Å². The highest BCUT2D eigenvalue weighted by Gasteiger charge is 2.31. The average Bonchev–Trinajstić information content (AvgIpc) is 3.00. The number of amides is 1. The summed E-state index contributed by atoms with van der Waals surface area (Å²) in [6, 6.07) is 9.15. The predicted octanol–water partition coefficient (Wildman–Crippen LogP) is 1.31. The van der Waals surface area contributed by atoms with Crippen molar-refractivity contribution in [3.63, 3.8) is 0 Å². The fourth-order valence-electron chi connectivity index (χ4n) is 3.30. The molecule has 3 rings (SSSR count). The summed E-state index contributed by atoms with van der Waals surface area (Å²) in [5.74, 6) is -0.0332. The smallest absolute Gasteiger partial charge is 0.246 e. The molecule has 0 radical (unpaired) electrons. The van der Waals surface area contributed by atoms with Crippen molar-refractivity contribution in [3.8, 4) is 0 Å². The molecule has 1 N–H and O–H groups in total. The summed E-state index contributed by atoms with van der Waals surface area (Å²) in [5.41, 5.74) is 1.40. The van der Waals surface area contributed by atoms with Gasteiger partial charge in [-0.15, -0.1) is 0 Å². The number of para-hydroxylation sites is 1. The molecule has 0 bridgehead atoms. The number of hydrogen-bond donors (Lipinski definition) is 1. The number of piperazine rings is 1. The molecule has 146 valence electrons. The van der Waals surface area contributed by atoms with Crippen LogP contribution >= 0.6 is 0 Å². The zero-order valence-corrected chi connectivity index (χ0v) is 16.5. The van der Waals surface area contributed by atoms with Crippen LogP contribution < -0.4 is 9.62 Å². The molecule has 8 nitrogen and oxygen atoms in total. The second kappa shape index (κ2) is 7.69. The number of carbonyl (C=O) groups is 1. The first-order valence-electron chi connectivity index (χ1n) is 8.83. The SMILES string of the molecule is Cc1noc(C)c1S(=O)(=O)N[C@@H](C)C(=O)N1CCN(c2ccccc2)CC1. The van der Waals surface area contributed by atoms with Crippen molar-refractivity contribution in [2.45, 2.75) is 31.7 Å². The van der Waals surface area contributed by atoms with Crippen LogP contribution in [0.1, 0.15) is 18.4 Å². The van der Waals surface area contributed by atoms with E-state index in [1.54, 1.807) is 18.7 Å². The number of anilines is 1. The maximum atomic E-state index is 12.7. The number of benzene rings is 1. The minimum atomic E-state index is -3.88. The monoisotopic (exact) mass is 392 g/mol. The highest BCUT2D eigenvalue weighted by Crippen LogP contribution is 2.20. The molecule has 9 heteroatoms. The van der Waals surface area contributed by atoms with Gasteiger partial charge in [0.25, 0.3) is 0 Å². The van der Waals surface area contributed by atoms with Crippen molar-refractivity contribution in [1.29, 1.82) is 0 Å². The fourth-order valence-corrected chi connectivity index (χ4v) is 4.82. The molecular weight excluding hydrogens is 368 g/mol. The summed E-state index contributed by atoms with van der Waals surface area (Å²) in [6.07, 6.45) is 0. The standard InChI is InChI=1S/C18H24N4O4S/c1-13-17(15(3)26-19-13)27(24,25)20-14(2)18(23)22-11-9-21(10-12-22)16-7-5-4-6-8-16/h4-8,14,20H,9-12H2,1-3H3/t14-/m0/s1. The number of nitrogens with one attached hydrogen (secondary N) is 1. The highest BCUT2D eigenvalue weighted by atomic mass is 32.2. The van der Waals surface area contributed by atoms with Crippen LogP contribution in [0, 0.1) is 13.8 Å². The molecule has 1 aliphatic heterocycles. The summed E-state index contributed by atoms with van der Waals surface area (Å²) < 4.78 is 32.5. The number of rotatable bonds is 5. The third kappa shape index (κ3) is 4.14. The predicted molar refractivity (Wildman–Crippen MR) is 101 cm³/mol. The van der Waals surface area contributed by atoms with E-state index < -0.39 is 16.1 Å². The molecular formula is C18H24N4O4S. The number of hydrogen-bond acceptors (Lipinski definition) is 6. The summed E-state index contributed by atoms with van der Waals surface area (Å²) in [5, 5.41) is 3.67. The Hall–Kier alpha value is -2.39. The fraction of sp³-hybridized carbons (Fsp3) is 0.444. The first-order chi connectivity index (χ1) is 12.8. The first-order valence-corrected chi connectivity index (χ1v) is 10.3. The number of carbonyl (C=O) groups excluding carboxylic acids is 1. The lowest BCUT2D eigenvalue weighted by Crippen LogP contribution is -2.54. The summed E-state index contributed by atoms with van der Waals surface area (Å²) in [4.78, 5) is 16.6. The summed E-state index contributed by atoms with van der Waals surface area (Å²) in [6.45, 7) is 7.15. The number of sulfonamides is 1. The van der Waals surface area contributed by atoms with Crippen molar-refractivity contribution in [2.75, 3.05) is 31.1 Å². The minimum Gasteiger partial charge on any atom is -0.368 e. The molecule has 27 heavy (non-hydrogen) atoms. The van der Waals surface area contributed by atoms with E-state index in [1.165, 1.54) is 6.92 Å². The van der Waals surface area contributed by atoms with E-state index >= 15 is 0 Å². The molecule has 2 aromatic rings. The van der Waals surface area contributed by atoms with Gasteiger partial charge in [0.15, 0.2) is 5.76 Å². The number of aromatic nitrogens is 1. The van der Waals surface area contributed by atoms with Crippen LogP contribution in [0.3, 0.4) is 0 Å². The number of aryl methyl sites for hydroxylation is 2. The molecule has 1 aromatic heterocycles. The lowest BCUT2D eigenvalue weighted by molar-refractivity contribution is -0.132. The van der Waals surface area contributed by atoms with E-state index in [0.717, 1.165) is 5.69 Å². The van der Waals surface area contributed by atoms with Crippen molar-refractivity contribution in [1.82, 2.24) is 14.8 Å². The van der Waals surface area contributed by atoms with Crippen LogP contribution in [-0.4, -0.2) is 56.6 Å². The molecule has 1 fully saturated rings. The molecule has 2 heterocycles. The van der Waals surface area contributed by atoms with Crippen molar-refractivity contribution in [2.24, 2.45) is 0 Å². The van der Waals surface area contributed by atoms with Gasteiger partial charge in [-0.2, -0.15) is 4.72 Å². The molecule has 0 unspecified atom stereocenters. The lowest BCUT2D eigenvalue weighted by Gasteiger charge is -2.37. The van der Waals surface area contributed by atoms with E-state index in [1.807, 2.05) is 30.3 Å². The van der Waals surface area contributed by atoms with Crippen LogP contribution in [0.15, 0.2) is 39.8 Å². The van der Waals surface area contributed by atoms with Gasteiger partial charge in [-0.25, -0.2) is 8.42 Å².